The molecule has 0 amide bonds. The molecule has 1 atom stereocenters. The van der Waals surface area contributed by atoms with E-state index in [4.69, 9.17) is 5.11 Å². The zero-order chi connectivity index (χ0) is 7.28. The summed E-state index contributed by atoms with van der Waals surface area (Å²) in [6.45, 7) is 1.90. The molecule has 1 N–H and O–H groups in total. The molecule has 0 spiro atoms. The number of carbonyl (C=O) groups excluding carboxylic acids is 1. The van der Waals surface area contributed by atoms with Crippen molar-refractivity contribution < 1.29 is 9.90 Å². The van der Waals surface area contributed by atoms with E-state index in [0.29, 0.717) is 0 Å². The van der Waals surface area contributed by atoms with Crippen LogP contribution in [0.5, 0.6) is 0 Å². The highest BCUT2D eigenvalue weighted by Crippen LogP contribution is 2.07. The Hall–Kier alpha value is -0.0200. The van der Waals surface area contributed by atoms with Crippen LogP contribution in [0.1, 0.15) is 19.8 Å². The summed E-state index contributed by atoms with van der Waals surface area (Å²) in [4.78, 5) is 10.5. The molecule has 0 aliphatic heterocycles. The van der Waals surface area contributed by atoms with Crippen molar-refractivity contribution in [2.45, 2.75) is 19.8 Å². The maximum atomic E-state index is 10.5. The van der Waals surface area contributed by atoms with Crippen molar-refractivity contribution in [3.8, 4) is 0 Å². The molecule has 3 heteroatoms. The van der Waals surface area contributed by atoms with E-state index < -0.39 is 0 Å². The molecule has 0 aromatic heterocycles. The third-order valence-electron chi connectivity index (χ3n) is 1.21. The minimum absolute atomic E-state index is 0.0732. The molecule has 0 radical (unpaired) electrons. The monoisotopic (exact) mass is 148 g/mol. The summed E-state index contributed by atoms with van der Waals surface area (Å²) in [7, 11) is 0. The Bertz CT molecular complexity index is 93.1. The van der Waals surface area contributed by atoms with Crippen molar-refractivity contribution in [1.29, 1.82) is 0 Å². The summed E-state index contributed by atoms with van der Waals surface area (Å²) in [5.41, 5.74) is 0. The van der Waals surface area contributed by atoms with Gasteiger partial charge >= 0.3 is 0 Å². The average Bonchev–Trinajstić information content (AvgIpc) is 1.82. The van der Waals surface area contributed by atoms with Crippen LogP contribution in [-0.4, -0.2) is 16.8 Å². The fraction of sp³-hybridized carbons (Fsp3) is 0.833. The smallest absolute Gasteiger partial charge is 0.191 e. The van der Waals surface area contributed by atoms with Crippen molar-refractivity contribution in [3.63, 3.8) is 0 Å². The largest absolute Gasteiger partial charge is 0.396 e. The average molecular weight is 148 g/mol. The molecule has 0 aliphatic rings. The third-order valence-corrected chi connectivity index (χ3v) is 1.57. The van der Waals surface area contributed by atoms with Crippen molar-refractivity contribution in [3.05, 3.63) is 0 Å². The molecule has 9 heavy (non-hydrogen) atoms. The summed E-state index contributed by atoms with van der Waals surface area (Å²) >= 11 is 3.61. The van der Waals surface area contributed by atoms with Crippen molar-refractivity contribution >= 4 is 17.7 Å². The van der Waals surface area contributed by atoms with E-state index in [1.54, 1.807) is 0 Å². The highest BCUT2D eigenvalue weighted by Gasteiger charge is 2.11. The maximum Gasteiger partial charge on any atom is 0.191 e. The van der Waals surface area contributed by atoms with Crippen LogP contribution in [-0.2, 0) is 4.79 Å². The number of aliphatic hydroxyl groups is 1. The number of carbonyl (C=O) groups is 1. The zero-order valence-corrected chi connectivity index (χ0v) is 6.40. The van der Waals surface area contributed by atoms with Gasteiger partial charge in [0.2, 0.25) is 0 Å². The van der Waals surface area contributed by atoms with Crippen molar-refractivity contribution in [2.24, 2.45) is 5.92 Å². The Labute approximate surface area is 60.7 Å². The van der Waals surface area contributed by atoms with Crippen molar-refractivity contribution in [1.82, 2.24) is 0 Å². The molecule has 0 aromatic rings. The van der Waals surface area contributed by atoms with Crippen LogP contribution >= 0.6 is 12.6 Å². The lowest BCUT2D eigenvalue weighted by Gasteiger charge is -2.05. The summed E-state index contributed by atoms with van der Waals surface area (Å²) in [6.07, 6.45) is 1.65. The van der Waals surface area contributed by atoms with Gasteiger partial charge in [-0.25, -0.2) is 0 Å². The van der Waals surface area contributed by atoms with E-state index >= 15 is 0 Å². The van der Waals surface area contributed by atoms with Gasteiger partial charge in [-0.15, -0.1) is 12.6 Å². The minimum Gasteiger partial charge on any atom is -0.396 e. The molecule has 0 aromatic carbocycles. The first-order chi connectivity index (χ1) is 4.22. The number of aliphatic hydroxyl groups excluding tert-OH is 1. The second kappa shape index (κ2) is 4.82. The predicted molar refractivity (Wildman–Crippen MR) is 39.5 cm³/mol. The zero-order valence-electron chi connectivity index (χ0n) is 5.50. The molecule has 0 aliphatic carbocycles. The summed E-state index contributed by atoms with van der Waals surface area (Å²) < 4.78 is 0. The number of hydrogen-bond acceptors (Lipinski definition) is 2. The topological polar surface area (TPSA) is 37.3 Å². The van der Waals surface area contributed by atoms with Crippen LogP contribution in [0.3, 0.4) is 0 Å². The summed E-state index contributed by atoms with van der Waals surface area (Å²) in [5.74, 6) is -0.252. The maximum absolute atomic E-state index is 10.5. The van der Waals surface area contributed by atoms with E-state index in [1.807, 2.05) is 6.92 Å². The van der Waals surface area contributed by atoms with Crippen LogP contribution in [0.15, 0.2) is 0 Å². The van der Waals surface area contributed by atoms with E-state index in [2.05, 4.69) is 12.6 Å². The second-order valence-corrected chi connectivity index (χ2v) is 2.45. The van der Waals surface area contributed by atoms with Gasteiger partial charge in [0.25, 0.3) is 0 Å². The molecule has 0 saturated carbocycles. The minimum atomic E-state index is -0.252. The van der Waals surface area contributed by atoms with Gasteiger partial charge in [0, 0.05) is 0 Å². The quantitative estimate of drug-likeness (QED) is 0.580. The molecule has 54 valence electrons. The summed E-state index contributed by atoms with van der Waals surface area (Å²) in [5, 5.41) is 8.35. The van der Waals surface area contributed by atoms with Gasteiger partial charge < -0.3 is 5.11 Å². The predicted octanol–water partition coefficient (Wildman–Crippen LogP) is 0.851. The van der Waals surface area contributed by atoms with Crippen LogP contribution in [0, 0.1) is 5.92 Å². The van der Waals surface area contributed by atoms with E-state index in [9.17, 15) is 4.79 Å². The third kappa shape index (κ3) is 3.54. The van der Waals surface area contributed by atoms with Gasteiger partial charge in [-0.3, -0.25) is 4.79 Å². The van der Waals surface area contributed by atoms with Gasteiger partial charge in [-0.1, -0.05) is 13.3 Å². The molecule has 0 rings (SSSR count). The fourth-order valence-electron chi connectivity index (χ4n) is 0.641. The van der Waals surface area contributed by atoms with Crippen LogP contribution in [0.4, 0.5) is 0 Å². The first-order valence-electron chi connectivity index (χ1n) is 3.06. The molecule has 0 saturated heterocycles. The lowest BCUT2D eigenvalue weighted by molar-refractivity contribution is -0.115. The highest BCUT2D eigenvalue weighted by atomic mass is 32.1. The summed E-state index contributed by atoms with van der Waals surface area (Å²) in [6, 6.07) is 0. The second-order valence-electron chi connectivity index (χ2n) is 2.01. The van der Waals surface area contributed by atoms with Crippen LogP contribution < -0.4 is 0 Å². The van der Waals surface area contributed by atoms with Gasteiger partial charge in [-0.2, -0.15) is 0 Å². The Balaban J connectivity index is 3.54. The van der Waals surface area contributed by atoms with Gasteiger partial charge in [0.05, 0.1) is 12.5 Å². The molecule has 0 bridgehead atoms. The Kier molecular flexibility index (Phi) is 4.81. The molecule has 1 unspecified atom stereocenters. The van der Waals surface area contributed by atoms with Gasteiger partial charge in [0.1, 0.15) is 0 Å². The molecule has 2 nitrogen and oxygen atoms in total. The van der Waals surface area contributed by atoms with E-state index in [1.165, 1.54) is 0 Å². The van der Waals surface area contributed by atoms with E-state index in [0.717, 1.165) is 12.8 Å². The van der Waals surface area contributed by atoms with Gasteiger partial charge in [0.15, 0.2) is 5.12 Å². The SMILES string of the molecule is CCCC(CO)C(=O)S. The van der Waals surface area contributed by atoms with E-state index in [-0.39, 0.29) is 17.6 Å². The molecule has 0 fully saturated rings. The molecular weight excluding hydrogens is 136 g/mol. The number of hydrogen-bond donors (Lipinski definition) is 2. The lowest BCUT2D eigenvalue weighted by Crippen LogP contribution is -2.12. The first kappa shape index (κ1) is 8.98. The lowest BCUT2D eigenvalue weighted by atomic mass is 10.1. The number of thiol groups is 1. The van der Waals surface area contributed by atoms with Crippen molar-refractivity contribution in [2.75, 3.05) is 6.61 Å². The first-order valence-corrected chi connectivity index (χ1v) is 3.50. The number of rotatable bonds is 4. The Morgan fingerprint density at radius 1 is 1.78 bits per heavy atom. The van der Waals surface area contributed by atoms with Gasteiger partial charge in [-0.05, 0) is 6.42 Å². The Morgan fingerprint density at radius 2 is 2.33 bits per heavy atom. The fourth-order valence-corrected chi connectivity index (χ4v) is 0.852. The van der Waals surface area contributed by atoms with Crippen LogP contribution in [0.25, 0.3) is 0 Å². The standard InChI is InChI=1S/C6H12O2S/c1-2-3-5(4-7)6(8)9/h5,7H,2-4H2,1H3,(H,8,9). The molecular formula is C6H12O2S. The van der Waals surface area contributed by atoms with Crippen LogP contribution in [0.2, 0.25) is 0 Å². The normalized spacial score (nSPS) is 13.2. The highest BCUT2D eigenvalue weighted by molar-refractivity contribution is 7.96. The Morgan fingerprint density at radius 3 is 2.44 bits per heavy atom. The molecule has 0 heterocycles.